The zero-order valence-electron chi connectivity index (χ0n) is 10.4. The molecule has 1 rings (SSSR count). The zero-order chi connectivity index (χ0) is 12.7. The lowest BCUT2D eigenvalue weighted by atomic mass is 10.0. The van der Waals surface area contributed by atoms with E-state index in [-0.39, 0.29) is 0 Å². The third-order valence-electron chi connectivity index (χ3n) is 2.88. The number of hydrazine groups is 1. The lowest BCUT2D eigenvalue weighted by Crippen LogP contribution is -2.38. The van der Waals surface area contributed by atoms with Gasteiger partial charge in [-0.15, -0.1) is 11.8 Å². The van der Waals surface area contributed by atoms with Gasteiger partial charge in [0.2, 0.25) is 0 Å². The minimum Gasteiger partial charge on any atom is -0.271 e. The van der Waals surface area contributed by atoms with Gasteiger partial charge in [0.1, 0.15) is 0 Å². The van der Waals surface area contributed by atoms with Crippen LogP contribution in [-0.4, -0.2) is 11.8 Å². The van der Waals surface area contributed by atoms with Gasteiger partial charge >= 0.3 is 0 Å². The molecule has 0 saturated heterocycles. The van der Waals surface area contributed by atoms with E-state index in [2.05, 4.69) is 59.5 Å². The number of hydrogen-bond donors (Lipinski definition) is 2. The molecule has 2 unspecified atom stereocenters. The summed E-state index contributed by atoms with van der Waals surface area (Å²) in [7, 11) is 0. The van der Waals surface area contributed by atoms with Crippen LogP contribution in [0.4, 0.5) is 0 Å². The van der Waals surface area contributed by atoms with Crippen LogP contribution in [-0.2, 0) is 0 Å². The summed E-state index contributed by atoms with van der Waals surface area (Å²) in [6.45, 7) is 4.49. The summed E-state index contributed by atoms with van der Waals surface area (Å²) >= 11 is 5.29. The summed E-state index contributed by atoms with van der Waals surface area (Å²) < 4.78 is 1.12. The van der Waals surface area contributed by atoms with Crippen molar-refractivity contribution in [2.75, 3.05) is 5.75 Å². The Labute approximate surface area is 117 Å². The number of benzene rings is 1. The molecule has 1 aromatic rings. The molecule has 2 atom stereocenters. The third-order valence-corrected chi connectivity index (χ3v) is 4.59. The van der Waals surface area contributed by atoms with E-state index in [1.54, 1.807) is 0 Å². The molecular formula is C13H21BrN2S. The fourth-order valence-electron chi connectivity index (χ4n) is 1.56. The van der Waals surface area contributed by atoms with Crippen LogP contribution in [0.25, 0.3) is 0 Å². The molecule has 0 saturated carbocycles. The van der Waals surface area contributed by atoms with Crippen molar-refractivity contribution in [2.24, 2.45) is 11.8 Å². The molecule has 0 aliphatic rings. The Morgan fingerprint density at radius 3 is 2.53 bits per heavy atom. The quantitative estimate of drug-likeness (QED) is 0.456. The van der Waals surface area contributed by atoms with Gasteiger partial charge < -0.3 is 0 Å². The average molecular weight is 317 g/mol. The third kappa shape index (κ3) is 5.91. The van der Waals surface area contributed by atoms with E-state index in [0.717, 1.165) is 22.6 Å². The van der Waals surface area contributed by atoms with Crippen LogP contribution >= 0.6 is 27.7 Å². The van der Waals surface area contributed by atoms with Crippen molar-refractivity contribution < 1.29 is 0 Å². The van der Waals surface area contributed by atoms with Crippen molar-refractivity contribution in [3.8, 4) is 0 Å². The van der Waals surface area contributed by atoms with E-state index in [9.17, 15) is 0 Å². The second kappa shape index (κ2) is 8.14. The van der Waals surface area contributed by atoms with E-state index >= 15 is 0 Å². The second-order valence-electron chi connectivity index (χ2n) is 4.38. The van der Waals surface area contributed by atoms with Crippen molar-refractivity contribution >= 4 is 27.7 Å². The van der Waals surface area contributed by atoms with Gasteiger partial charge in [-0.1, -0.05) is 36.2 Å². The summed E-state index contributed by atoms with van der Waals surface area (Å²) in [6.07, 6.45) is 2.34. The number of halogens is 1. The molecule has 0 heterocycles. The molecule has 0 aromatic heterocycles. The van der Waals surface area contributed by atoms with Crippen LogP contribution in [0.1, 0.15) is 26.7 Å². The number of nitrogens with one attached hydrogen (secondary N) is 1. The van der Waals surface area contributed by atoms with Crippen molar-refractivity contribution in [3.05, 3.63) is 28.7 Å². The Morgan fingerprint density at radius 1 is 1.35 bits per heavy atom. The maximum atomic E-state index is 5.59. The van der Waals surface area contributed by atoms with Crippen molar-refractivity contribution in [1.82, 2.24) is 5.43 Å². The minimum absolute atomic E-state index is 0.388. The maximum absolute atomic E-state index is 5.59. The highest BCUT2D eigenvalue weighted by molar-refractivity contribution is 9.10. The lowest BCUT2D eigenvalue weighted by molar-refractivity contribution is 0.423. The normalized spacial score (nSPS) is 14.6. The SMILES string of the molecule is CCC(C)CC(CSc1ccc(Br)cc1)NN. The first-order valence-corrected chi connectivity index (χ1v) is 7.78. The minimum atomic E-state index is 0.388. The van der Waals surface area contributed by atoms with Crippen LogP contribution in [0.5, 0.6) is 0 Å². The maximum Gasteiger partial charge on any atom is 0.0307 e. The second-order valence-corrected chi connectivity index (χ2v) is 6.39. The number of rotatable bonds is 7. The molecular weight excluding hydrogens is 296 g/mol. The molecule has 0 aliphatic heterocycles. The molecule has 2 nitrogen and oxygen atoms in total. The van der Waals surface area contributed by atoms with E-state index in [1.165, 1.54) is 11.3 Å². The fraction of sp³-hybridized carbons (Fsp3) is 0.538. The first-order valence-electron chi connectivity index (χ1n) is 6.00. The zero-order valence-corrected chi connectivity index (χ0v) is 12.9. The molecule has 0 radical (unpaired) electrons. The highest BCUT2D eigenvalue weighted by atomic mass is 79.9. The Hall–Kier alpha value is -0.0300. The largest absolute Gasteiger partial charge is 0.271 e. The standard InChI is InChI=1S/C13H21BrN2S/c1-3-10(2)8-12(16-15)9-17-13-6-4-11(14)5-7-13/h4-7,10,12,16H,3,8-9,15H2,1-2H3. The van der Waals surface area contributed by atoms with E-state index < -0.39 is 0 Å². The highest BCUT2D eigenvalue weighted by Crippen LogP contribution is 2.23. The fourth-order valence-corrected chi connectivity index (χ4v) is 2.78. The summed E-state index contributed by atoms with van der Waals surface area (Å²) in [5.74, 6) is 7.33. The molecule has 0 amide bonds. The van der Waals surface area contributed by atoms with E-state index in [1.807, 2.05) is 11.8 Å². The van der Waals surface area contributed by atoms with Crippen molar-refractivity contribution in [1.29, 1.82) is 0 Å². The number of thioether (sulfide) groups is 1. The van der Waals surface area contributed by atoms with Crippen LogP contribution in [0.15, 0.2) is 33.6 Å². The predicted molar refractivity (Wildman–Crippen MR) is 80.0 cm³/mol. The smallest absolute Gasteiger partial charge is 0.0307 e. The van der Waals surface area contributed by atoms with E-state index in [0.29, 0.717) is 6.04 Å². The van der Waals surface area contributed by atoms with Gasteiger partial charge in [0, 0.05) is 21.2 Å². The first-order chi connectivity index (χ1) is 8.15. The van der Waals surface area contributed by atoms with Gasteiger partial charge in [0.25, 0.3) is 0 Å². The van der Waals surface area contributed by atoms with Gasteiger partial charge in [0.15, 0.2) is 0 Å². The van der Waals surface area contributed by atoms with Gasteiger partial charge in [-0.25, -0.2) is 0 Å². The van der Waals surface area contributed by atoms with Gasteiger partial charge in [-0.2, -0.15) is 0 Å². The topological polar surface area (TPSA) is 38.0 Å². The molecule has 0 bridgehead atoms. The molecule has 0 aliphatic carbocycles. The van der Waals surface area contributed by atoms with Crippen molar-refractivity contribution in [2.45, 2.75) is 37.6 Å². The van der Waals surface area contributed by atoms with Gasteiger partial charge in [-0.05, 0) is 36.6 Å². The monoisotopic (exact) mass is 316 g/mol. The molecule has 3 N–H and O–H groups in total. The highest BCUT2D eigenvalue weighted by Gasteiger charge is 2.11. The van der Waals surface area contributed by atoms with Crippen LogP contribution in [0.2, 0.25) is 0 Å². The summed E-state index contributed by atoms with van der Waals surface area (Å²) in [5.41, 5.74) is 2.92. The molecule has 96 valence electrons. The summed E-state index contributed by atoms with van der Waals surface area (Å²) in [5, 5.41) is 0. The molecule has 1 aromatic carbocycles. The van der Waals surface area contributed by atoms with Gasteiger partial charge in [-0.3, -0.25) is 11.3 Å². The Kier molecular flexibility index (Phi) is 7.19. The summed E-state index contributed by atoms with van der Waals surface area (Å²) in [6, 6.07) is 8.79. The molecule has 0 spiro atoms. The molecule has 0 fully saturated rings. The van der Waals surface area contributed by atoms with Crippen LogP contribution in [0.3, 0.4) is 0 Å². The van der Waals surface area contributed by atoms with Crippen LogP contribution in [0, 0.1) is 5.92 Å². The number of nitrogens with two attached hydrogens (primary N) is 1. The molecule has 17 heavy (non-hydrogen) atoms. The first kappa shape index (κ1) is 15.0. The average Bonchev–Trinajstić information content (AvgIpc) is 2.36. The predicted octanol–water partition coefficient (Wildman–Crippen LogP) is 3.81. The number of hydrogen-bond acceptors (Lipinski definition) is 3. The Bertz CT molecular complexity index is 316. The Balaban J connectivity index is 2.39. The van der Waals surface area contributed by atoms with E-state index in [4.69, 9.17) is 5.84 Å². The van der Waals surface area contributed by atoms with Crippen LogP contribution < -0.4 is 11.3 Å². The Morgan fingerprint density at radius 2 is 2.00 bits per heavy atom. The summed E-state index contributed by atoms with van der Waals surface area (Å²) in [4.78, 5) is 1.29. The van der Waals surface area contributed by atoms with Crippen molar-refractivity contribution in [3.63, 3.8) is 0 Å². The van der Waals surface area contributed by atoms with Gasteiger partial charge in [0.05, 0.1) is 0 Å². The lowest BCUT2D eigenvalue weighted by Gasteiger charge is -2.19. The molecule has 4 heteroatoms.